The van der Waals surface area contributed by atoms with Gasteiger partial charge in [-0.25, -0.2) is 4.98 Å². The SMILES string of the molecule is c1ccc(-c2ccc(-c3nc(-c4ccc5ccccc5c4)nc(-n4c5c(-c6cccc7c6sc6ccccc67)cccc5c5c6ccccc6c6ccccc6c54)n3)cc2)cc1. The molecule has 10 aromatic carbocycles. The Morgan fingerprint density at radius 1 is 0.339 bits per heavy atom. The molecule has 0 fully saturated rings. The lowest BCUT2D eigenvalue weighted by Crippen LogP contribution is -2.07. The number of thiophene rings is 1. The van der Waals surface area contributed by atoms with Gasteiger partial charge in [-0.2, -0.15) is 9.97 Å². The maximum atomic E-state index is 5.51. The maximum Gasteiger partial charge on any atom is 0.238 e. The fourth-order valence-corrected chi connectivity index (χ4v) is 10.8. The molecule has 0 bridgehead atoms. The van der Waals surface area contributed by atoms with E-state index in [1.54, 1.807) is 0 Å². The van der Waals surface area contributed by atoms with Crippen LogP contribution in [0.1, 0.15) is 0 Å². The monoisotopic (exact) mass is 806 g/mol. The van der Waals surface area contributed by atoms with E-state index < -0.39 is 0 Å². The average Bonchev–Trinajstić information content (AvgIpc) is 3.91. The Bertz CT molecular complexity index is 3920. The van der Waals surface area contributed by atoms with Gasteiger partial charge in [0.15, 0.2) is 11.6 Å². The molecule has 0 aliphatic carbocycles. The molecule has 3 heterocycles. The van der Waals surface area contributed by atoms with Crippen LogP contribution in [0.25, 0.3) is 125 Å². The summed E-state index contributed by atoms with van der Waals surface area (Å²) in [5.74, 6) is 1.80. The van der Waals surface area contributed by atoms with Gasteiger partial charge in [0.2, 0.25) is 5.95 Å². The predicted molar refractivity (Wildman–Crippen MR) is 261 cm³/mol. The highest BCUT2D eigenvalue weighted by atomic mass is 32.1. The minimum Gasteiger partial charge on any atom is -0.277 e. The quantitative estimate of drug-likeness (QED) is 0.163. The van der Waals surface area contributed by atoms with Crippen LogP contribution in [0.3, 0.4) is 0 Å². The van der Waals surface area contributed by atoms with Gasteiger partial charge >= 0.3 is 0 Å². The van der Waals surface area contributed by atoms with Crippen molar-refractivity contribution in [3.8, 4) is 51.0 Å². The van der Waals surface area contributed by atoms with Crippen LogP contribution in [0, 0.1) is 0 Å². The van der Waals surface area contributed by atoms with Crippen molar-refractivity contribution in [3.63, 3.8) is 0 Å². The molecule has 0 atom stereocenters. The minimum atomic E-state index is 0.571. The van der Waals surface area contributed by atoms with Gasteiger partial charge in [-0.05, 0) is 50.2 Å². The molecule has 62 heavy (non-hydrogen) atoms. The molecule has 0 N–H and O–H groups in total. The van der Waals surface area contributed by atoms with E-state index in [1.165, 1.54) is 52.7 Å². The van der Waals surface area contributed by atoms with Crippen LogP contribution < -0.4 is 0 Å². The van der Waals surface area contributed by atoms with E-state index in [2.05, 4.69) is 205 Å². The molecule has 0 aliphatic heterocycles. The third kappa shape index (κ3) is 5.35. The summed E-state index contributed by atoms with van der Waals surface area (Å²) in [6.07, 6.45) is 0. The number of aromatic nitrogens is 4. The van der Waals surface area contributed by atoms with Crippen molar-refractivity contribution in [1.82, 2.24) is 19.5 Å². The van der Waals surface area contributed by atoms with Crippen molar-refractivity contribution in [2.24, 2.45) is 0 Å². The topological polar surface area (TPSA) is 43.6 Å². The molecular formula is C57H34N4S. The first-order valence-electron chi connectivity index (χ1n) is 20.9. The molecule has 0 unspecified atom stereocenters. The molecule has 288 valence electrons. The van der Waals surface area contributed by atoms with Crippen molar-refractivity contribution in [3.05, 3.63) is 206 Å². The Kier molecular flexibility index (Phi) is 7.74. The Morgan fingerprint density at radius 2 is 0.903 bits per heavy atom. The Morgan fingerprint density at radius 3 is 1.71 bits per heavy atom. The molecule has 0 spiro atoms. The third-order valence-corrected chi connectivity index (χ3v) is 13.7. The van der Waals surface area contributed by atoms with Crippen LogP contribution >= 0.6 is 11.3 Å². The molecule has 0 amide bonds. The van der Waals surface area contributed by atoms with Gasteiger partial charge < -0.3 is 0 Å². The first-order valence-corrected chi connectivity index (χ1v) is 21.8. The van der Waals surface area contributed by atoms with Gasteiger partial charge in [0.05, 0.1) is 11.0 Å². The summed E-state index contributed by atoms with van der Waals surface area (Å²) < 4.78 is 4.88. The fraction of sp³-hybridized carbons (Fsp3) is 0. The Hall–Kier alpha value is -7.99. The van der Waals surface area contributed by atoms with Gasteiger partial charge in [-0.15, -0.1) is 11.3 Å². The lowest BCUT2D eigenvalue weighted by molar-refractivity contribution is 0.956. The van der Waals surface area contributed by atoms with E-state index in [9.17, 15) is 0 Å². The lowest BCUT2D eigenvalue weighted by atomic mass is 9.95. The molecule has 13 rings (SSSR count). The van der Waals surface area contributed by atoms with Crippen molar-refractivity contribution in [2.75, 3.05) is 0 Å². The second-order valence-corrected chi connectivity index (χ2v) is 17.0. The van der Waals surface area contributed by atoms with Crippen molar-refractivity contribution < 1.29 is 0 Å². The summed E-state index contributed by atoms with van der Waals surface area (Å²) in [7, 11) is 0. The van der Waals surface area contributed by atoms with Crippen LogP contribution in [0.2, 0.25) is 0 Å². The van der Waals surface area contributed by atoms with Crippen molar-refractivity contribution in [1.29, 1.82) is 0 Å². The van der Waals surface area contributed by atoms with Crippen LogP contribution in [-0.2, 0) is 0 Å². The number of benzene rings is 10. The van der Waals surface area contributed by atoms with E-state index in [1.807, 2.05) is 17.4 Å². The van der Waals surface area contributed by atoms with E-state index in [4.69, 9.17) is 15.0 Å². The lowest BCUT2D eigenvalue weighted by Gasteiger charge is -2.15. The molecule has 5 heteroatoms. The largest absolute Gasteiger partial charge is 0.277 e. The summed E-state index contributed by atoms with van der Waals surface area (Å²) in [5.41, 5.74) is 8.61. The van der Waals surface area contributed by atoms with E-state index in [0.717, 1.165) is 55.0 Å². The van der Waals surface area contributed by atoms with Gasteiger partial charge in [-0.1, -0.05) is 194 Å². The summed E-state index contributed by atoms with van der Waals surface area (Å²) in [5, 5.41) is 11.9. The Balaban J connectivity index is 1.17. The normalized spacial score (nSPS) is 11.9. The number of para-hydroxylation sites is 1. The zero-order valence-electron chi connectivity index (χ0n) is 33.3. The Labute approximate surface area is 360 Å². The highest BCUT2D eigenvalue weighted by Gasteiger charge is 2.25. The maximum absolute atomic E-state index is 5.51. The first-order chi connectivity index (χ1) is 30.7. The highest BCUT2D eigenvalue weighted by Crippen LogP contribution is 2.47. The average molecular weight is 807 g/mol. The van der Waals surface area contributed by atoms with E-state index >= 15 is 0 Å². The number of hydrogen-bond donors (Lipinski definition) is 0. The van der Waals surface area contributed by atoms with Crippen LogP contribution in [0.4, 0.5) is 0 Å². The molecule has 0 aliphatic rings. The standard InChI is InChI=1S/C57H34N4S/c1-2-14-35(15-3-1)37-28-31-38(32-29-37)55-58-56(40-33-30-36-16-4-5-17-39(36)34-40)60-57(59-55)61-52-46(48-25-13-24-47-43-20-10-11-27-50(43)62-54(47)48)23-12-26-49(52)51-44-21-8-6-18-41(44)42-19-7-9-22-45(42)53(51)61/h1-34H. The number of fused-ring (bicyclic) bond motifs is 12. The first kappa shape index (κ1) is 34.8. The van der Waals surface area contributed by atoms with Crippen LogP contribution in [0.5, 0.6) is 0 Å². The predicted octanol–water partition coefficient (Wildman–Crippen LogP) is 15.5. The van der Waals surface area contributed by atoms with Crippen molar-refractivity contribution in [2.45, 2.75) is 0 Å². The fourth-order valence-electron chi connectivity index (χ4n) is 9.60. The number of nitrogens with zero attached hydrogens (tertiary/aromatic N) is 4. The molecule has 0 saturated heterocycles. The van der Waals surface area contributed by atoms with E-state index in [0.29, 0.717) is 17.6 Å². The van der Waals surface area contributed by atoms with Crippen LogP contribution in [0.15, 0.2) is 206 Å². The second kappa shape index (κ2) is 13.8. The minimum absolute atomic E-state index is 0.571. The zero-order chi connectivity index (χ0) is 40.7. The molecule has 4 nitrogen and oxygen atoms in total. The van der Waals surface area contributed by atoms with Gasteiger partial charge in [0.25, 0.3) is 0 Å². The summed E-state index contributed by atoms with van der Waals surface area (Å²) in [6, 6.07) is 73.8. The smallest absolute Gasteiger partial charge is 0.238 e. The molecule has 13 aromatic rings. The summed E-state index contributed by atoms with van der Waals surface area (Å²) >= 11 is 1.85. The van der Waals surface area contributed by atoms with Crippen molar-refractivity contribution >= 4 is 85.6 Å². The van der Waals surface area contributed by atoms with Gasteiger partial charge in [0, 0.05) is 58.6 Å². The number of rotatable bonds is 5. The van der Waals surface area contributed by atoms with E-state index in [-0.39, 0.29) is 0 Å². The summed E-state index contributed by atoms with van der Waals surface area (Å²) in [6.45, 7) is 0. The third-order valence-electron chi connectivity index (χ3n) is 12.4. The summed E-state index contributed by atoms with van der Waals surface area (Å²) in [4.78, 5) is 16.3. The molecule has 0 saturated carbocycles. The van der Waals surface area contributed by atoms with Gasteiger partial charge in [-0.3, -0.25) is 4.57 Å². The molecule has 3 aromatic heterocycles. The zero-order valence-corrected chi connectivity index (χ0v) is 34.1. The van der Waals surface area contributed by atoms with Crippen LogP contribution in [-0.4, -0.2) is 19.5 Å². The van der Waals surface area contributed by atoms with Gasteiger partial charge in [0.1, 0.15) is 0 Å². The molecular weight excluding hydrogens is 773 g/mol. The second-order valence-electron chi connectivity index (χ2n) is 15.9. The molecule has 0 radical (unpaired) electrons. The number of hydrogen-bond acceptors (Lipinski definition) is 4. The highest BCUT2D eigenvalue weighted by molar-refractivity contribution is 7.26.